The lowest BCUT2D eigenvalue weighted by Crippen LogP contribution is -2.41. The molecule has 58 heavy (non-hydrogen) atoms. The van der Waals surface area contributed by atoms with E-state index in [0.29, 0.717) is 17.7 Å². The summed E-state index contributed by atoms with van der Waals surface area (Å²) in [7, 11) is 0. The van der Waals surface area contributed by atoms with Crippen molar-refractivity contribution in [2.75, 3.05) is 36.8 Å². The maximum Gasteiger partial charge on any atom is 0.321 e. The Bertz CT molecular complexity index is 2230. The number of likely N-dealkylation sites (tertiary alicyclic amines) is 2. The van der Waals surface area contributed by atoms with Gasteiger partial charge < -0.3 is 25.2 Å². The van der Waals surface area contributed by atoms with Gasteiger partial charge in [0.15, 0.2) is 0 Å². The molecule has 0 bridgehead atoms. The van der Waals surface area contributed by atoms with Crippen molar-refractivity contribution in [2.24, 2.45) is 5.92 Å². The second-order valence-corrected chi connectivity index (χ2v) is 16.2. The summed E-state index contributed by atoms with van der Waals surface area (Å²) in [5.74, 6) is 2.42. The standard InChI is InChI=1S/C26H29N3O2.C22H23N3OS/c1-19-6-9-23(10-7-19)28-26(30)29-14-12-21(13-15-29)16-22-4-3-5-24(17-22)31-25-11-8-20(2)18-27-25;1-16-7-9-19(10-8-16)23-22(26)25-13-11-18(12-14-25)21-24-20(15-27-21)17-5-3-2-4-6-17/h3-11,17-18,21H,12-16H2,1-2H3,(H,28,30);2-10,15,18H,11-14H2,1H3,(H,23,26). The zero-order valence-electron chi connectivity index (χ0n) is 33.6. The number of carbonyl (C=O) groups excluding carboxylic acids is 2. The first-order valence-electron chi connectivity index (χ1n) is 20.2. The van der Waals surface area contributed by atoms with Gasteiger partial charge in [-0.25, -0.2) is 19.6 Å². The number of hydrogen-bond donors (Lipinski definition) is 2. The number of rotatable bonds is 8. The Morgan fingerprint density at radius 1 is 0.690 bits per heavy atom. The largest absolute Gasteiger partial charge is 0.439 e. The van der Waals surface area contributed by atoms with Crippen LogP contribution in [-0.2, 0) is 6.42 Å². The molecule has 4 heterocycles. The molecule has 0 unspecified atom stereocenters. The van der Waals surface area contributed by atoms with E-state index in [-0.39, 0.29) is 12.1 Å². The van der Waals surface area contributed by atoms with E-state index in [1.165, 1.54) is 21.7 Å². The topological polar surface area (TPSA) is 99.7 Å². The van der Waals surface area contributed by atoms with Crippen molar-refractivity contribution in [3.8, 4) is 22.9 Å². The van der Waals surface area contributed by atoms with Crippen LogP contribution in [0.3, 0.4) is 0 Å². The SMILES string of the molecule is Cc1ccc(NC(=O)N2CCC(Cc3cccc(Oc4ccc(C)cn4)c3)CC2)cc1.Cc1ccc(NC(=O)N2CCC(c3nc(-c4ccccc4)cs3)CC2)cc1. The molecule has 0 saturated carbocycles. The smallest absolute Gasteiger partial charge is 0.321 e. The molecule has 2 fully saturated rings. The summed E-state index contributed by atoms with van der Waals surface area (Å²) in [6.45, 7) is 9.19. The summed E-state index contributed by atoms with van der Waals surface area (Å²) < 4.78 is 5.90. The number of thiazole rings is 1. The summed E-state index contributed by atoms with van der Waals surface area (Å²) in [6.07, 6.45) is 6.73. The third kappa shape index (κ3) is 11.3. The minimum Gasteiger partial charge on any atom is -0.439 e. The van der Waals surface area contributed by atoms with E-state index in [2.05, 4.69) is 45.3 Å². The molecule has 2 saturated heterocycles. The quantitative estimate of drug-likeness (QED) is 0.160. The van der Waals surface area contributed by atoms with Gasteiger partial charge in [-0.3, -0.25) is 0 Å². The number of urea groups is 2. The minimum atomic E-state index is -0.0126. The summed E-state index contributed by atoms with van der Waals surface area (Å²) in [4.78, 5) is 38.0. The van der Waals surface area contributed by atoms with Crippen LogP contribution >= 0.6 is 11.3 Å². The van der Waals surface area contributed by atoms with Crippen LogP contribution in [-0.4, -0.2) is 58.0 Å². The molecule has 8 rings (SSSR count). The van der Waals surface area contributed by atoms with Gasteiger partial charge in [-0.05, 0) is 106 Å². The van der Waals surface area contributed by atoms with Gasteiger partial charge in [-0.2, -0.15) is 0 Å². The molecule has 10 heteroatoms. The number of amides is 4. The molecular weight excluding hydrogens is 741 g/mol. The summed E-state index contributed by atoms with van der Waals surface area (Å²) in [5, 5.41) is 9.32. The molecule has 298 valence electrons. The first-order chi connectivity index (χ1) is 28.2. The van der Waals surface area contributed by atoms with E-state index in [4.69, 9.17) is 9.72 Å². The molecule has 4 amide bonds. The van der Waals surface area contributed by atoms with Gasteiger partial charge in [0, 0.05) is 66.7 Å². The number of ether oxygens (including phenoxy) is 1. The number of nitrogens with one attached hydrogen (secondary N) is 2. The van der Waals surface area contributed by atoms with E-state index >= 15 is 0 Å². The zero-order valence-corrected chi connectivity index (χ0v) is 34.4. The molecule has 6 aromatic rings. The normalized spacial score (nSPS) is 14.6. The van der Waals surface area contributed by atoms with Crippen LogP contribution in [0.15, 0.2) is 127 Å². The van der Waals surface area contributed by atoms with Gasteiger partial charge in [0.1, 0.15) is 5.75 Å². The van der Waals surface area contributed by atoms with E-state index in [1.807, 2.05) is 128 Å². The maximum absolute atomic E-state index is 12.5. The molecule has 0 aliphatic carbocycles. The third-order valence-electron chi connectivity index (χ3n) is 10.8. The van der Waals surface area contributed by atoms with E-state index in [1.54, 1.807) is 11.3 Å². The fraction of sp³-hybridized carbons (Fsp3) is 0.292. The highest BCUT2D eigenvalue weighted by Crippen LogP contribution is 2.33. The number of aromatic nitrogens is 2. The van der Waals surface area contributed by atoms with Crippen LogP contribution in [0.2, 0.25) is 0 Å². The van der Waals surface area contributed by atoms with Gasteiger partial charge in [0.25, 0.3) is 0 Å². The van der Waals surface area contributed by atoms with Gasteiger partial charge in [0.05, 0.1) is 10.7 Å². The maximum atomic E-state index is 12.5. The van der Waals surface area contributed by atoms with E-state index in [0.717, 1.165) is 92.2 Å². The van der Waals surface area contributed by atoms with Crippen molar-refractivity contribution in [3.05, 3.63) is 154 Å². The molecule has 2 aliphatic rings. The highest BCUT2D eigenvalue weighted by atomic mass is 32.1. The van der Waals surface area contributed by atoms with Gasteiger partial charge >= 0.3 is 12.1 Å². The molecule has 0 atom stereocenters. The summed E-state index contributed by atoms with van der Waals surface area (Å²) in [6, 6.07) is 38.2. The Kier molecular flexibility index (Phi) is 13.5. The molecule has 2 aliphatic heterocycles. The Balaban J connectivity index is 0.000000178. The van der Waals surface area contributed by atoms with Crippen LogP contribution < -0.4 is 15.4 Å². The van der Waals surface area contributed by atoms with Crippen molar-refractivity contribution in [2.45, 2.75) is 58.8 Å². The lowest BCUT2D eigenvalue weighted by atomic mass is 9.90. The predicted octanol–water partition coefficient (Wildman–Crippen LogP) is 11.5. The molecule has 0 radical (unpaired) electrons. The Hall–Kier alpha value is -6.00. The van der Waals surface area contributed by atoms with Crippen molar-refractivity contribution < 1.29 is 14.3 Å². The number of pyridine rings is 1. The van der Waals surface area contributed by atoms with Crippen molar-refractivity contribution in [3.63, 3.8) is 0 Å². The molecule has 0 spiro atoms. The van der Waals surface area contributed by atoms with Crippen LogP contribution in [0.25, 0.3) is 11.3 Å². The summed E-state index contributed by atoms with van der Waals surface area (Å²) in [5.41, 5.74) is 8.64. The fourth-order valence-electron chi connectivity index (χ4n) is 7.27. The first kappa shape index (κ1) is 40.2. The monoisotopic (exact) mass is 792 g/mol. The molecular formula is C48H52N6O3S. The van der Waals surface area contributed by atoms with E-state index < -0.39 is 0 Å². The number of benzene rings is 4. The van der Waals surface area contributed by atoms with Crippen LogP contribution in [0, 0.1) is 26.7 Å². The van der Waals surface area contributed by atoms with Crippen LogP contribution in [0.5, 0.6) is 11.6 Å². The number of carbonyl (C=O) groups is 2. The van der Waals surface area contributed by atoms with Crippen molar-refractivity contribution in [1.29, 1.82) is 0 Å². The third-order valence-corrected chi connectivity index (χ3v) is 11.8. The fourth-order valence-corrected chi connectivity index (χ4v) is 8.27. The van der Waals surface area contributed by atoms with Crippen molar-refractivity contribution in [1.82, 2.24) is 19.8 Å². The lowest BCUT2D eigenvalue weighted by molar-refractivity contribution is 0.182. The highest BCUT2D eigenvalue weighted by molar-refractivity contribution is 7.10. The average molecular weight is 793 g/mol. The average Bonchev–Trinajstić information content (AvgIpc) is 3.75. The van der Waals surface area contributed by atoms with Gasteiger partial charge in [-0.15, -0.1) is 11.3 Å². The molecule has 2 N–H and O–H groups in total. The minimum absolute atomic E-state index is 0.0108. The van der Waals surface area contributed by atoms with E-state index in [9.17, 15) is 9.59 Å². The Morgan fingerprint density at radius 3 is 1.86 bits per heavy atom. The number of aryl methyl sites for hydroxylation is 3. The number of piperidine rings is 2. The number of anilines is 2. The van der Waals surface area contributed by atoms with Crippen molar-refractivity contribution >= 4 is 34.8 Å². The summed E-state index contributed by atoms with van der Waals surface area (Å²) >= 11 is 1.73. The lowest BCUT2D eigenvalue weighted by Gasteiger charge is -2.32. The molecule has 4 aromatic carbocycles. The second-order valence-electron chi connectivity index (χ2n) is 15.3. The van der Waals surface area contributed by atoms with Crippen LogP contribution in [0.4, 0.5) is 21.0 Å². The zero-order chi connectivity index (χ0) is 40.3. The van der Waals surface area contributed by atoms with Crippen LogP contribution in [0.1, 0.15) is 58.9 Å². The highest BCUT2D eigenvalue weighted by Gasteiger charge is 2.26. The molecule has 9 nitrogen and oxygen atoms in total. The first-order valence-corrected chi connectivity index (χ1v) is 21.1. The Morgan fingerprint density at radius 2 is 1.28 bits per heavy atom. The molecule has 2 aromatic heterocycles. The van der Waals surface area contributed by atoms with Gasteiger partial charge in [-0.1, -0.05) is 83.9 Å². The second kappa shape index (κ2) is 19.4. The Labute approximate surface area is 346 Å². The number of hydrogen-bond acceptors (Lipinski definition) is 6. The number of nitrogens with zero attached hydrogens (tertiary/aromatic N) is 4. The van der Waals surface area contributed by atoms with Gasteiger partial charge in [0.2, 0.25) is 5.88 Å². The predicted molar refractivity (Wildman–Crippen MR) is 235 cm³/mol.